The van der Waals surface area contributed by atoms with E-state index in [2.05, 4.69) is 59.9 Å². The van der Waals surface area contributed by atoms with Gasteiger partial charge in [0, 0.05) is 24.4 Å². The average Bonchev–Trinajstić information content (AvgIpc) is 3.13. The van der Waals surface area contributed by atoms with Crippen LogP contribution in [0.15, 0.2) is 24.7 Å². The van der Waals surface area contributed by atoms with E-state index in [4.69, 9.17) is 15.5 Å². The van der Waals surface area contributed by atoms with Gasteiger partial charge in [-0.15, -0.1) is 0 Å². The second-order valence-corrected chi connectivity index (χ2v) is 8.23. The Balaban J connectivity index is 2.11. The van der Waals surface area contributed by atoms with E-state index in [1.54, 1.807) is 12.4 Å². The minimum absolute atomic E-state index is 0.156. The van der Waals surface area contributed by atoms with Crippen molar-refractivity contribution in [2.45, 2.75) is 40.0 Å². The molecule has 0 aromatic carbocycles. The molecule has 0 atom stereocenters. The molecule has 0 spiro atoms. The summed E-state index contributed by atoms with van der Waals surface area (Å²) < 4.78 is 7.12. The summed E-state index contributed by atoms with van der Waals surface area (Å²) in [5.41, 5.74) is 7.12. The van der Waals surface area contributed by atoms with Crippen LogP contribution in [0.5, 0.6) is 5.88 Å². The molecular weight excluding hydrogens is 368 g/mol. The van der Waals surface area contributed by atoms with Gasteiger partial charge in [-0.3, -0.25) is 4.57 Å². The van der Waals surface area contributed by atoms with Gasteiger partial charge in [0.25, 0.3) is 5.88 Å². The van der Waals surface area contributed by atoms with Gasteiger partial charge in [-0.05, 0) is 12.0 Å². The highest BCUT2D eigenvalue weighted by Crippen LogP contribution is 2.29. The second-order valence-electron chi connectivity index (χ2n) is 8.23. The van der Waals surface area contributed by atoms with E-state index in [1.807, 2.05) is 16.8 Å². The summed E-state index contributed by atoms with van der Waals surface area (Å²) in [6.45, 7) is 11.4. The van der Waals surface area contributed by atoms with Crippen molar-refractivity contribution in [2.75, 3.05) is 24.7 Å². The van der Waals surface area contributed by atoms with Crippen LogP contribution < -0.4 is 15.8 Å². The first kappa shape index (κ1) is 20.5. The third-order valence-corrected chi connectivity index (χ3v) is 4.22. The van der Waals surface area contributed by atoms with Gasteiger partial charge in [-0.2, -0.15) is 4.98 Å². The van der Waals surface area contributed by atoms with Crippen molar-refractivity contribution in [1.29, 1.82) is 0 Å². The lowest BCUT2D eigenvalue weighted by Gasteiger charge is -2.14. The summed E-state index contributed by atoms with van der Waals surface area (Å²) >= 11 is 0. The van der Waals surface area contributed by atoms with Crippen LogP contribution in [0.2, 0.25) is 0 Å². The van der Waals surface area contributed by atoms with Crippen molar-refractivity contribution in [3.05, 3.63) is 30.4 Å². The Bertz CT molecular complexity index is 990. The number of nitrogens with two attached hydrogens (primary N) is 1. The fourth-order valence-corrected chi connectivity index (χ4v) is 2.60. The van der Waals surface area contributed by atoms with Crippen molar-refractivity contribution in [2.24, 2.45) is 5.92 Å². The third-order valence-electron chi connectivity index (χ3n) is 4.22. The molecule has 0 saturated heterocycles. The van der Waals surface area contributed by atoms with Crippen LogP contribution in [0.25, 0.3) is 17.3 Å². The molecule has 0 aliphatic rings. The second kappa shape index (κ2) is 8.02. The fraction of sp³-hybridized carbons (Fsp3) is 0.450. The normalized spacial score (nSPS) is 11.7. The zero-order valence-electron chi connectivity index (χ0n) is 17.8. The summed E-state index contributed by atoms with van der Waals surface area (Å²) in [6, 6.07) is 1.83. The molecule has 29 heavy (non-hydrogen) atoms. The largest absolute Gasteiger partial charge is 0.478 e. The van der Waals surface area contributed by atoms with E-state index in [0.29, 0.717) is 29.2 Å². The van der Waals surface area contributed by atoms with Crippen molar-refractivity contribution >= 4 is 11.8 Å². The highest BCUT2D eigenvalue weighted by atomic mass is 16.5. The van der Waals surface area contributed by atoms with Gasteiger partial charge >= 0.3 is 0 Å². The molecule has 0 aliphatic heterocycles. The summed E-state index contributed by atoms with van der Waals surface area (Å²) in [4.78, 5) is 22.5. The molecule has 0 saturated carbocycles. The number of anilines is 2. The molecule has 154 valence electrons. The number of hydrogen-bond donors (Lipinski definition) is 2. The first-order valence-electron chi connectivity index (χ1n) is 9.53. The zero-order valence-corrected chi connectivity index (χ0v) is 17.8. The highest BCUT2D eigenvalue weighted by molar-refractivity contribution is 5.57. The number of ether oxygens (including phenoxy) is 1. The molecule has 3 aromatic rings. The van der Waals surface area contributed by atoms with Gasteiger partial charge in [-0.1, -0.05) is 34.6 Å². The Morgan fingerprint density at radius 1 is 1.17 bits per heavy atom. The van der Waals surface area contributed by atoms with Crippen LogP contribution >= 0.6 is 0 Å². The first-order chi connectivity index (χ1) is 13.7. The minimum Gasteiger partial charge on any atom is -0.478 e. The van der Waals surface area contributed by atoms with Crippen LogP contribution in [0.4, 0.5) is 11.8 Å². The van der Waals surface area contributed by atoms with Crippen molar-refractivity contribution in [1.82, 2.24) is 29.5 Å². The lowest BCUT2D eigenvalue weighted by molar-refractivity contribution is 0.399. The summed E-state index contributed by atoms with van der Waals surface area (Å²) in [7, 11) is 1.51. The summed E-state index contributed by atoms with van der Waals surface area (Å²) in [6.07, 6.45) is 5.28. The predicted octanol–water partition coefficient (Wildman–Crippen LogP) is 3.08. The number of methoxy groups -OCH3 is 1. The van der Waals surface area contributed by atoms with Crippen LogP contribution in [-0.4, -0.2) is 43.1 Å². The first-order valence-corrected chi connectivity index (χ1v) is 9.53. The van der Waals surface area contributed by atoms with E-state index >= 15 is 0 Å². The molecule has 3 rings (SSSR count). The molecule has 0 bridgehead atoms. The average molecular weight is 396 g/mol. The quantitative estimate of drug-likeness (QED) is 0.653. The topological polar surface area (TPSA) is 117 Å². The van der Waals surface area contributed by atoms with Crippen LogP contribution in [0.1, 0.15) is 40.3 Å². The molecule has 0 aliphatic carbocycles. The molecule has 0 amide bonds. The lowest BCUT2D eigenvalue weighted by Crippen LogP contribution is -2.12. The fourth-order valence-electron chi connectivity index (χ4n) is 2.60. The number of nitrogens with zero attached hydrogens (tertiary/aromatic N) is 6. The molecule has 9 heteroatoms. The molecular formula is C20H28N8O. The van der Waals surface area contributed by atoms with Crippen molar-refractivity contribution in [3.8, 4) is 23.2 Å². The van der Waals surface area contributed by atoms with E-state index in [1.165, 1.54) is 7.11 Å². The maximum absolute atomic E-state index is 5.82. The number of nitrogens with one attached hydrogen (secondary N) is 1. The Morgan fingerprint density at radius 2 is 1.93 bits per heavy atom. The predicted molar refractivity (Wildman–Crippen MR) is 113 cm³/mol. The van der Waals surface area contributed by atoms with Crippen molar-refractivity contribution in [3.63, 3.8) is 0 Å². The maximum atomic E-state index is 5.82. The molecule has 0 radical (unpaired) electrons. The number of hydrogen-bond acceptors (Lipinski definition) is 8. The lowest BCUT2D eigenvalue weighted by atomic mass is 9.93. The number of rotatable bonds is 6. The number of aromatic nitrogens is 6. The Hall–Kier alpha value is -3.23. The number of nitrogen functional groups attached to an aromatic ring is 1. The molecule has 3 aromatic heterocycles. The van der Waals surface area contributed by atoms with E-state index < -0.39 is 0 Å². The van der Waals surface area contributed by atoms with E-state index in [0.717, 1.165) is 12.2 Å². The van der Waals surface area contributed by atoms with Gasteiger partial charge in [0.15, 0.2) is 11.6 Å². The Kier molecular flexibility index (Phi) is 5.67. The standard InChI is InChI=1S/C20H28N8O/c1-12(2)9-24-19-22-8-7-15(27-19)28-11-14(20(3,4)5)26-17(28)13-10-23-16(21)18(25-13)29-6/h7-8,10-12H,9H2,1-6H3,(H2,21,23)(H,22,24,27). The maximum Gasteiger partial charge on any atom is 0.257 e. The molecule has 3 heterocycles. The molecule has 3 N–H and O–H groups in total. The molecule has 0 unspecified atom stereocenters. The van der Waals surface area contributed by atoms with Gasteiger partial charge in [0.1, 0.15) is 11.5 Å². The molecule has 9 nitrogen and oxygen atoms in total. The van der Waals surface area contributed by atoms with Gasteiger partial charge in [0.2, 0.25) is 5.95 Å². The number of imidazole rings is 1. The highest BCUT2D eigenvalue weighted by Gasteiger charge is 2.23. The van der Waals surface area contributed by atoms with Crippen LogP contribution in [0.3, 0.4) is 0 Å². The molecule has 0 fully saturated rings. The third kappa shape index (κ3) is 4.61. The Morgan fingerprint density at radius 3 is 2.59 bits per heavy atom. The smallest absolute Gasteiger partial charge is 0.257 e. The minimum atomic E-state index is -0.156. The zero-order chi connectivity index (χ0) is 21.2. The van der Waals surface area contributed by atoms with Gasteiger partial charge in [0.05, 0.1) is 19.0 Å². The van der Waals surface area contributed by atoms with E-state index in [9.17, 15) is 0 Å². The Labute approximate surface area is 170 Å². The SMILES string of the molecule is COc1nc(-c2nc(C(C)(C)C)cn2-c2ccnc(NCC(C)C)n2)cnc1N. The van der Waals surface area contributed by atoms with Crippen LogP contribution in [0, 0.1) is 5.92 Å². The monoisotopic (exact) mass is 396 g/mol. The van der Waals surface area contributed by atoms with Gasteiger partial charge < -0.3 is 15.8 Å². The summed E-state index contributed by atoms with van der Waals surface area (Å²) in [5.74, 6) is 2.82. The van der Waals surface area contributed by atoms with Crippen molar-refractivity contribution < 1.29 is 4.74 Å². The summed E-state index contributed by atoms with van der Waals surface area (Å²) in [5, 5.41) is 3.26. The van der Waals surface area contributed by atoms with Crippen LogP contribution in [-0.2, 0) is 5.41 Å². The van der Waals surface area contributed by atoms with Gasteiger partial charge in [-0.25, -0.2) is 19.9 Å². The van der Waals surface area contributed by atoms with E-state index in [-0.39, 0.29) is 17.1 Å².